The number of nitro groups is 1. The standard InChI is InChI=1S/C10H14N2O2/c1-3-8(2)11-9-4-6-10(7-5-9)12(13)14/h4-8,11H,3H2,1-2H3. The number of rotatable bonds is 4. The van der Waals surface area contributed by atoms with E-state index in [0.717, 1.165) is 12.1 Å². The largest absolute Gasteiger partial charge is 0.383 e. The number of nitrogens with one attached hydrogen (secondary N) is 1. The zero-order valence-corrected chi connectivity index (χ0v) is 8.36. The van der Waals surface area contributed by atoms with E-state index in [4.69, 9.17) is 0 Å². The molecule has 0 heterocycles. The second-order valence-electron chi connectivity index (χ2n) is 3.26. The van der Waals surface area contributed by atoms with E-state index in [0.29, 0.717) is 6.04 Å². The molecule has 0 aliphatic carbocycles. The molecule has 0 saturated carbocycles. The van der Waals surface area contributed by atoms with Gasteiger partial charge >= 0.3 is 0 Å². The van der Waals surface area contributed by atoms with Crippen molar-refractivity contribution in [3.05, 3.63) is 34.4 Å². The van der Waals surface area contributed by atoms with E-state index in [1.54, 1.807) is 12.1 Å². The van der Waals surface area contributed by atoms with Crippen LogP contribution in [0.3, 0.4) is 0 Å². The maximum absolute atomic E-state index is 10.4. The van der Waals surface area contributed by atoms with Gasteiger partial charge in [0.25, 0.3) is 5.69 Å². The molecule has 1 aromatic rings. The van der Waals surface area contributed by atoms with E-state index in [1.165, 1.54) is 12.1 Å². The minimum atomic E-state index is -0.396. The first-order valence-corrected chi connectivity index (χ1v) is 4.64. The van der Waals surface area contributed by atoms with Crippen LogP contribution in [-0.4, -0.2) is 11.0 Å². The van der Waals surface area contributed by atoms with Gasteiger partial charge in [0.05, 0.1) is 4.92 Å². The lowest BCUT2D eigenvalue weighted by Gasteiger charge is -2.12. The van der Waals surface area contributed by atoms with Gasteiger partial charge in [0, 0.05) is 23.9 Å². The van der Waals surface area contributed by atoms with Crippen LogP contribution in [0.2, 0.25) is 0 Å². The van der Waals surface area contributed by atoms with Crippen LogP contribution in [0.1, 0.15) is 20.3 Å². The van der Waals surface area contributed by atoms with E-state index in [-0.39, 0.29) is 5.69 Å². The molecule has 76 valence electrons. The molecular weight excluding hydrogens is 180 g/mol. The summed E-state index contributed by atoms with van der Waals surface area (Å²) in [6.45, 7) is 4.16. The van der Waals surface area contributed by atoms with E-state index < -0.39 is 4.92 Å². The number of nitro benzene ring substituents is 1. The fourth-order valence-corrected chi connectivity index (χ4v) is 1.07. The van der Waals surface area contributed by atoms with E-state index in [2.05, 4.69) is 19.2 Å². The van der Waals surface area contributed by atoms with Crippen LogP contribution in [0.4, 0.5) is 11.4 Å². The van der Waals surface area contributed by atoms with Crippen molar-refractivity contribution >= 4 is 11.4 Å². The number of nitrogens with zero attached hydrogens (tertiary/aromatic N) is 1. The molecule has 0 spiro atoms. The second kappa shape index (κ2) is 4.60. The molecule has 0 fully saturated rings. The maximum atomic E-state index is 10.4. The third kappa shape index (κ3) is 2.73. The predicted octanol–water partition coefficient (Wildman–Crippen LogP) is 2.81. The van der Waals surface area contributed by atoms with Crippen molar-refractivity contribution < 1.29 is 4.92 Å². The van der Waals surface area contributed by atoms with Crippen molar-refractivity contribution in [1.82, 2.24) is 0 Å². The van der Waals surface area contributed by atoms with Gasteiger partial charge in [0.1, 0.15) is 0 Å². The lowest BCUT2D eigenvalue weighted by atomic mass is 10.2. The highest BCUT2D eigenvalue weighted by Crippen LogP contribution is 2.16. The minimum Gasteiger partial charge on any atom is -0.383 e. The molecule has 0 aliphatic rings. The van der Waals surface area contributed by atoms with Crippen LogP contribution in [0.15, 0.2) is 24.3 Å². The molecule has 1 unspecified atom stereocenters. The Labute approximate surface area is 83.1 Å². The Morgan fingerprint density at radius 1 is 1.43 bits per heavy atom. The zero-order valence-electron chi connectivity index (χ0n) is 8.36. The first kappa shape index (κ1) is 10.5. The van der Waals surface area contributed by atoms with Gasteiger partial charge in [-0.2, -0.15) is 0 Å². The van der Waals surface area contributed by atoms with Gasteiger partial charge in [-0.15, -0.1) is 0 Å². The third-order valence-corrected chi connectivity index (χ3v) is 2.10. The Morgan fingerprint density at radius 2 is 2.00 bits per heavy atom. The lowest BCUT2D eigenvalue weighted by Crippen LogP contribution is -2.13. The van der Waals surface area contributed by atoms with Crippen molar-refractivity contribution in [2.75, 3.05) is 5.32 Å². The molecule has 0 saturated heterocycles. The monoisotopic (exact) mass is 194 g/mol. The highest BCUT2D eigenvalue weighted by molar-refractivity contribution is 5.48. The van der Waals surface area contributed by atoms with E-state index in [1.807, 2.05) is 0 Å². The van der Waals surface area contributed by atoms with Crippen molar-refractivity contribution in [3.8, 4) is 0 Å². The first-order valence-electron chi connectivity index (χ1n) is 4.64. The van der Waals surface area contributed by atoms with Gasteiger partial charge in [-0.25, -0.2) is 0 Å². The minimum absolute atomic E-state index is 0.125. The van der Waals surface area contributed by atoms with Gasteiger partial charge in [0.2, 0.25) is 0 Å². The molecule has 0 aliphatic heterocycles. The quantitative estimate of drug-likeness (QED) is 0.592. The molecule has 0 bridgehead atoms. The lowest BCUT2D eigenvalue weighted by molar-refractivity contribution is -0.384. The zero-order chi connectivity index (χ0) is 10.6. The summed E-state index contributed by atoms with van der Waals surface area (Å²) in [6.07, 6.45) is 1.02. The molecular formula is C10H14N2O2. The molecule has 4 nitrogen and oxygen atoms in total. The van der Waals surface area contributed by atoms with Crippen LogP contribution in [-0.2, 0) is 0 Å². The molecule has 1 aromatic carbocycles. The molecule has 0 aromatic heterocycles. The molecule has 1 rings (SSSR count). The second-order valence-corrected chi connectivity index (χ2v) is 3.26. The summed E-state index contributed by atoms with van der Waals surface area (Å²) < 4.78 is 0. The summed E-state index contributed by atoms with van der Waals surface area (Å²) in [4.78, 5) is 9.98. The first-order chi connectivity index (χ1) is 6.63. The fourth-order valence-electron chi connectivity index (χ4n) is 1.07. The van der Waals surface area contributed by atoms with Crippen molar-refractivity contribution in [3.63, 3.8) is 0 Å². The molecule has 4 heteroatoms. The molecule has 1 atom stereocenters. The highest BCUT2D eigenvalue weighted by Gasteiger charge is 2.04. The SMILES string of the molecule is CCC(C)Nc1ccc([N+](=O)[O-])cc1. The van der Waals surface area contributed by atoms with Gasteiger partial charge < -0.3 is 5.32 Å². The van der Waals surface area contributed by atoms with E-state index in [9.17, 15) is 10.1 Å². The van der Waals surface area contributed by atoms with Gasteiger partial charge in [0.15, 0.2) is 0 Å². The Kier molecular flexibility index (Phi) is 3.45. The number of anilines is 1. The van der Waals surface area contributed by atoms with Gasteiger partial charge in [-0.05, 0) is 25.5 Å². The van der Waals surface area contributed by atoms with Crippen molar-refractivity contribution in [2.24, 2.45) is 0 Å². The van der Waals surface area contributed by atoms with Crippen LogP contribution < -0.4 is 5.32 Å². The fraction of sp³-hybridized carbons (Fsp3) is 0.400. The van der Waals surface area contributed by atoms with Gasteiger partial charge in [-0.3, -0.25) is 10.1 Å². The summed E-state index contributed by atoms with van der Waals surface area (Å²) in [7, 11) is 0. The number of hydrogen-bond donors (Lipinski definition) is 1. The number of non-ortho nitro benzene ring substituents is 1. The smallest absolute Gasteiger partial charge is 0.269 e. The molecule has 0 radical (unpaired) electrons. The Bertz CT molecular complexity index is 308. The number of benzene rings is 1. The highest BCUT2D eigenvalue weighted by atomic mass is 16.6. The Morgan fingerprint density at radius 3 is 2.43 bits per heavy atom. The summed E-state index contributed by atoms with van der Waals surface area (Å²) in [5.41, 5.74) is 1.05. The topological polar surface area (TPSA) is 55.2 Å². The molecule has 0 amide bonds. The van der Waals surface area contributed by atoms with Crippen molar-refractivity contribution in [2.45, 2.75) is 26.3 Å². The van der Waals surface area contributed by atoms with Crippen LogP contribution >= 0.6 is 0 Å². The Balaban J connectivity index is 2.68. The summed E-state index contributed by atoms with van der Waals surface area (Å²) >= 11 is 0. The van der Waals surface area contributed by atoms with Crippen molar-refractivity contribution in [1.29, 1.82) is 0 Å². The van der Waals surface area contributed by atoms with Crippen LogP contribution in [0.5, 0.6) is 0 Å². The average Bonchev–Trinajstić information content (AvgIpc) is 2.18. The summed E-state index contributed by atoms with van der Waals surface area (Å²) in [5, 5.41) is 13.6. The number of hydrogen-bond acceptors (Lipinski definition) is 3. The average molecular weight is 194 g/mol. The molecule has 14 heavy (non-hydrogen) atoms. The van der Waals surface area contributed by atoms with E-state index >= 15 is 0 Å². The summed E-state index contributed by atoms with van der Waals surface area (Å²) in [5.74, 6) is 0. The predicted molar refractivity (Wildman–Crippen MR) is 56.5 cm³/mol. The van der Waals surface area contributed by atoms with Gasteiger partial charge in [-0.1, -0.05) is 6.92 Å². The van der Waals surface area contributed by atoms with Crippen LogP contribution in [0.25, 0.3) is 0 Å². The van der Waals surface area contributed by atoms with Crippen LogP contribution in [0, 0.1) is 10.1 Å². The third-order valence-electron chi connectivity index (χ3n) is 2.10. The molecule has 1 N–H and O–H groups in total. The normalized spacial score (nSPS) is 12.1. The maximum Gasteiger partial charge on any atom is 0.269 e. The Hall–Kier alpha value is -1.58. The summed E-state index contributed by atoms with van der Waals surface area (Å²) in [6, 6.07) is 6.85.